The molecule has 1 spiro atoms. The van der Waals surface area contributed by atoms with Gasteiger partial charge in [0.1, 0.15) is 0 Å². The van der Waals surface area contributed by atoms with Crippen molar-refractivity contribution in [1.82, 2.24) is 4.98 Å². The molecule has 1 saturated heterocycles. The molecule has 3 rings (SSSR count). The quantitative estimate of drug-likeness (QED) is 0.918. The number of ether oxygens (including phenoxy) is 1. The Morgan fingerprint density at radius 1 is 1.45 bits per heavy atom. The van der Waals surface area contributed by atoms with Crippen LogP contribution in [0.1, 0.15) is 26.2 Å². The van der Waals surface area contributed by atoms with E-state index in [0.717, 1.165) is 49.1 Å². The number of aromatic nitrogens is 1. The van der Waals surface area contributed by atoms with Gasteiger partial charge in [-0.2, -0.15) is 0 Å². The first-order chi connectivity index (χ1) is 9.65. The second kappa shape index (κ2) is 5.62. The van der Waals surface area contributed by atoms with E-state index >= 15 is 0 Å². The first-order valence-corrected chi connectivity index (χ1v) is 8.10. The van der Waals surface area contributed by atoms with E-state index in [-0.39, 0.29) is 17.6 Å². The lowest BCUT2D eigenvalue weighted by Gasteiger charge is -2.56. The highest BCUT2D eigenvalue weighted by atomic mass is 79.9. The van der Waals surface area contributed by atoms with Gasteiger partial charge in [-0.25, -0.2) is 0 Å². The van der Waals surface area contributed by atoms with E-state index in [2.05, 4.69) is 31.9 Å². The molecule has 1 aliphatic heterocycles. The zero-order valence-corrected chi connectivity index (χ0v) is 13.3. The van der Waals surface area contributed by atoms with Gasteiger partial charge in [0.25, 0.3) is 0 Å². The average Bonchev–Trinajstić information content (AvgIpc) is 2.47. The van der Waals surface area contributed by atoms with E-state index in [4.69, 9.17) is 4.74 Å². The van der Waals surface area contributed by atoms with Crippen LogP contribution in [0.15, 0.2) is 22.9 Å². The van der Waals surface area contributed by atoms with Crippen LogP contribution in [0.4, 0.5) is 5.69 Å². The Morgan fingerprint density at radius 2 is 2.20 bits per heavy atom. The molecule has 1 N–H and O–H groups in total. The first kappa shape index (κ1) is 14.3. The van der Waals surface area contributed by atoms with Crippen molar-refractivity contribution in [1.29, 1.82) is 0 Å². The lowest BCUT2D eigenvalue weighted by atomic mass is 9.58. The van der Waals surface area contributed by atoms with Crippen molar-refractivity contribution in [3.05, 3.63) is 22.9 Å². The SMILES string of the molecule is CCOC1CC(O)C12CCN(c1cncc(Br)c1)CC2. The monoisotopic (exact) mass is 340 g/mol. The minimum atomic E-state index is -0.193. The summed E-state index contributed by atoms with van der Waals surface area (Å²) in [4.78, 5) is 6.57. The number of rotatable bonds is 3. The van der Waals surface area contributed by atoms with Crippen molar-refractivity contribution >= 4 is 21.6 Å². The Labute approximate surface area is 128 Å². The standard InChI is InChI=1S/C15H21BrN2O2/c1-2-20-14-8-13(19)15(14)3-5-18(6-4-15)12-7-11(16)9-17-10-12/h7,9-10,13-14,19H,2-6,8H2,1H3. The van der Waals surface area contributed by atoms with E-state index in [0.29, 0.717) is 0 Å². The number of hydrogen-bond donors (Lipinski definition) is 1. The molecule has 5 heteroatoms. The smallest absolute Gasteiger partial charge is 0.0682 e. The number of aliphatic hydroxyl groups is 1. The Kier molecular flexibility index (Phi) is 4.02. The summed E-state index contributed by atoms with van der Waals surface area (Å²) >= 11 is 3.47. The Bertz CT molecular complexity index is 473. The summed E-state index contributed by atoms with van der Waals surface area (Å²) in [5, 5.41) is 10.2. The number of aliphatic hydroxyl groups excluding tert-OH is 1. The zero-order chi connectivity index (χ0) is 14.2. The summed E-state index contributed by atoms with van der Waals surface area (Å²) in [6.07, 6.45) is 6.53. The Hall–Kier alpha value is -0.650. The van der Waals surface area contributed by atoms with Crippen molar-refractivity contribution in [2.75, 3.05) is 24.6 Å². The predicted octanol–water partition coefficient (Wildman–Crippen LogP) is 2.60. The maximum absolute atomic E-state index is 10.2. The van der Waals surface area contributed by atoms with Gasteiger partial charge in [0.05, 0.1) is 24.1 Å². The van der Waals surface area contributed by atoms with Gasteiger partial charge in [-0.15, -0.1) is 0 Å². The molecule has 0 radical (unpaired) electrons. The van der Waals surface area contributed by atoms with E-state index in [1.165, 1.54) is 0 Å². The normalized spacial score (nSPS) is 28.4. The number of halogens is 1. The summed E-state index contributed by atoms with van der Waals surface area (Å²) < 4.78 is 6.81. The van der Waals surface area contributed by atoms with Crippen LogP contribution in [0.25, 0.3) is 0 Å². The summed E-state index contributed by atoms with van der Waals surface area (Å²) in [5.41, 5.74) is 1.14. The van der Waals surface area contributed by atoms with Crippen LogP contribution >= 0.6 is 15.9 Å². The third-order valence-electron chi connectivity index (χ3n) is 4.86. The number of nitrogens with zero attached hydrogens (tertiary/aromatic N) is 2. The summed E-state index contributed by atoms with van der Waals surface area (Å²) in [6.45, 7) is 4.68. The molecule has 2 heterocycles. The van der Waals surface area contributed by atoms with Gasteiger partial charge in [0.2, 0.25) is 0 Å². The van der Waals surface area contributed by atoms with E-state index in [1.807, 2.05) is 13.1 Å². The van der Waals surface area contributed by atoms with Crippen molar-refractivity contribution in [3.63, 3.8) is 0 Å². The molecule has 2 fully saturated rings. The summed E-state index contributed by atoms with van der Waals surface area (Å²) in [7, 11) is 0. The zero-order valence-electron chi connectivity index (χ0n) is 11.8. The highest BCUT2D eigenvalue weighted by Gasteiger charge is 2.56. The first-order valence-electron chi connectivity index (χ1n) is 7.31. The average molecular weight is 341 g/mol. The molecule has 0 bridgehead atoms. The third-order valence-corrected chi connectivity index (χ3v) is 5.29. The molecule has 4 nitrogen and oxygen atoms in total. The number of hydrogen-bond acceptors (Lipinski definition) is 4. The molecule has 20 heavy (non-hydrogen) atoms. The maximum atomic E-state index is 10.2. The Morgan fingerprint density at radius 3 is 2.80 bits per heavy atom. The van der Waals surface area contributed by atoms with Gasteiger partial charge >= 0.3 is 0 Å². The fraction of sp³-hybridized carbons (Fsp3) is 0.667. The van der Waals surface area contributed by atoms with Gasteiger partial charge in [-0.05, 0) is 41.8 Å². The molecule has 0 aromatic carbocycles. The van der Waals surface area contributed by atoms with Gasteiger partial charge < -0.3 is 14.7 Å². The second-order valence-electron chi connectivity index (χ2n) is 5.78. The third kappa shape index (κ3) is 2.36. The Balaban J connectivity index is 1.67. The fourth-order valence-electron chi connectivity index (χ4n) is 3.57. The van der Waals surface area contributed by atoms with Crippen molar-refractivity contribution in [2.24, 2.45) is 5.41 Å². The second-order valence-corrected chi connectivity index (χ2v) is 6.69. The van der Waals surface area contributed by atoms with Gasteiger partial charge in [-0.3, -0.25) is 4.98 Å². The van der Waals surface area contributed by atoms with Crippen LogP contribution in [0.3, 0.4) is 0 Å². The maximum Gasteiger partial charge on any atom is 0.0682 e. The topological polar surface area (TPSA) is 45.6 Å². The van der Waals surface area contributed by atoms with Crippen LogP contribution < -0.4 is 4.90 Å². The fourth-order valence-corrected chi connectivity index (χ4v) is 3.92. The van der Waals surface area contributed by atoms with E-state index < -0.39 is 0 Å². The van der Waals surface area contributed by atoms with Crippen molar-refractivity contribution < 1.29 is 9.84 Å². The van der Waals surface area contributed by atoms with Gasteiger partial charge in [0, 0.05) is 42.2 Å². The summed E-state index contributed by atoms with van der Waals surface area (Å²) in [6, 6.07) is 2.10. The minimum absolute atomic E-state index is 0.00799. The molecule has 2 atom stereocenters. The van der Waals surface area contributed by atoms with Gasteiger partial charge in [0.15, 0.2) is 0 Å². The molecule has 1 aliphatic carbocycles. The van der Waals surface area contributed by atoms with Crippen LogP contribution in [-0.2, 0) is 4.74 Å². The number of anilines is 1. The van der Waals surface area contributed by atoms with E-state index in [9.17, 15) is 5.11 Å². The van der Waals surface area contributed by atoms with Crippen molar-refractivity contribution in [2.45, 2.75) is 38.4 Å². The minimum Gasteiger partial charge on any atom is -0.392 e. The molecule has 1 saturated carbocycles. The van der Waals surface area contributed by atoms with Crippen LogP contribution in [0.2, 0.25) is 0 Å². The highest BCUT2D eigenvalue weighted by molar-refractivity contribution is 9.10. The highest BCUT2D eigenvalue weighted by Crippen LogP contribution is 2.51. The molecule has 1 aromatic heterocycles. The van der Waals surface area contributed by atoms with Crippen LogP contribution in [0.5, 0.6) is 0 Å². The lowest BCUT2D eigenvalue weighted by molar-refractivity contribution is -0.199. The molecular weight excluding hydrogens is 320 g/mol. The van der Waals surface area contributed by atoms with Crippen LogP contribution in [0, 0.1) is 5.41 Å². The predicted molar refractivity (Wildman–Crippen MR) is 81.9 cm³/mol. The lowest BCUT2D eigenvalue weighted by Crippen LogP contribution is -2.62. The largest absolute Gasteiger partial charge is 0.392 e. The van der Waals surface area contributed by atoms with Crippen molar-refractivity contribution in [3.8, 4) is 0 Å². The van der Waals surface area contributed by atoms with Crippen LogP contribution in [-0.4, -0.2) is 42.0 Å². The molecule has 2 unspecified atom stereocenters. The number of pyridine rings is 1. The van der Waals surface area contributed by atoms with E-state index in [1.54, 1.807) is 6.20 Å². The number of piperidine rings is 1. The molecule has 110 valence electrons. The molecule has 2 aliphatic rings. The molecular formula is C15H21BrN2O2. The summed E-state index contributed by atoms with van der Waals surface area (Å²) in [5.74, 6) is 0. The van der Waals surface area contributed by atoms with Gasteiger partial charge in [-0.1, -0.05) is 0 Å². The molecule has 1 aromatic rings. The molecule has 0 amide bonds.